The molecule has 0 fully saturated rings. The van der Waals surface area contributed by atoms with Gasteiger partial charge in [0.15, 0.2) is 5.65 Å². The molecule has 16 heavy (non-hydrogen) atoms. The van der Waals surface area contributed by atoms with Crippen LogP contribution in [0.4, 0.5) is 0 Å². The monoisotopic (exact) mass is 215 g/mol. The average Bonchev–Trinajstić information content (AvgIpc) is 2.27. The van der Waals surface area contributed by atoms with E-state index in [9.17, 15) is 0 Å². The highest BCUT2D eigenvalue weighted by molar-refractivity contribution is 5.75. The fourth-order valence-corrected chi connectivity index (χ4v) is 1.88. The van der Waals surface area contributed by atoms with E-state index in [0.717, 1.165) is 16.7 Å². The largest absolute Gasteiger partial charge is 0.231 e. The molecule has 0 radical (unpaired) electrons. The lowest BCUT2D eigenvalue weighted by Gasteiger charge is -2.15. The number of rotatable bonds is 2. The third-order valence-electron chi connectivity index (χ3n) is 2.73. The molecular weight excluding hydrogens is 198 g/mol. The smallest absolute Gasteiger partial charge is 0.182 e. The summed E-state index contributed by atoms with van der Waals surface area (Å²) in [5, 5.41) is 9.01. The molecule has 0 N–H and O–H groups in total. The van der Waals surface area contributed by atoms with Crippen LogP contribution in [0.3, 0.4) is 0 Å². The fourth-order valence-electron chi connectivity index (χ4n) is 1.88. The summed E-state index contributed by atoms with van der Waals surface area (Å²) < 4.78 is 0. The molecule has 3 heteroatoms. The summed E-state index contributed by atoms with van der Waals surface area (Å²) in [7, 11) is 0. The van der Waals surface area contributed by atoms with E-state index in [1.165, 1.54) is 5.56 Å². The molecule has 84 valence electrons. The predicted octanol–water partition coefficient (Wildman–Crippen LogP) is 3.27. The van der Waals surface area contributed by atoms with Crippen molar-refractivity contribution in [3.8, 4) is 0 Å². The second kappa shape index (κ2) is 4.16. The highest BCUT2D eigenvalue weighted by Gasteiger charge is 2.13. The minimum Gasteiger partial charge on any atom is -0.231 e. The summed E-state index contributed by atoms with van der Waals surface area (Å²) in [4.78, 5) is 4.62. The minimum absolute atomic E-state index is 0.420. The van der Waals surface area contributed by atoms with Gasteiger partial charge in [-0.25, -0.2) is 4.98 Å². The summed E-state index contributed by atoms with van der Waals surface area (Å²) in [5.74, 6) is 0.909. The Kier molecular flexibility index (Phi) is 2.86. The zero-order chi connectivity index (χ0) is 11.7. The van der Waals surface area contributed by atoms with Crippen molar-refractivity contribution in [2.75, 3.05) is 0 Å². The van der Waals surface area contributed by atoms with E-state index in [1.54, 1.807) is 6.20 Å². The van der Waals surface area contributed by atoms with Gasteiger partial charge in [-0.3, -0.25) is 0 Å². The van der Waals surface area contributed by atoms with Gasteiger partial charge in [0.25, 0.3) is 0 Å². The van der Waals surface area contributed by atoms with Gasteiger partial charge in [-0.2, -0.15) is 5.10 Å². The number of hydrogen-bond donors (Lipinski definition) is 0. The van der Waals surface area contributed by atoms with E-state index in [0.29, 0.717) is 11.8 Å². The molecule has 0 amide bonds. The van der Waals surface area contributed by atoms with Gasteiger partial charge in [-0.1, -0.05) is 27.7 Å². The van der Waals surface area contributed by atoms with Crippen LogP contribution in [0.15, 0.2) is 18.3 Å². The molecule has 0 aromatic carbocycles. The molecule has 2 aromatic rings. The van der Waals surface area contributed by atoms with Gasteiger partial charge in [0, 0.05) is 11.1 Å². The normalized spacial score (nSPS) is 11.6. The Morgan fingerprint density at radius 3 is 2.44 bits per heavy atom. The zero-order valence-electron chi connectivity index (χ0n) is 10.2. The number of hydrogen-bond acceptors (Lipinski definition) is 3. The summed E-state index contributed by atoms with van der Waals surface area (Å²) in [5.41, 5.74) is 3.20. The molecule has 3 nitrogen and oxygen atoms in total. The van der Waals surface area contributed by atoms with E-state index < -0.39 is 0 Å². The van der Waals surface area contributed by atoms with E-state index in [1.807, 2.05) is 6.07 Å². The standard InChI is InChI=1S/C13H17N3/c1-8(2)11-7-10-5-6-14-16-13(10)15-12(11)9(3)4/h5-9H,1-4H3. The third-order valence-corrected chi connectivity index (χ3v) is 2.73. The molecule has 0 unspecified atom stereocenters. The van der Waals surface area contributed by atoms with E-state index in [-0.39, 0.29) is 0 Å². The first-order valence-electron chi connectivity index (χ1n) is 5.72. The first-order chi connectivity index (χ1) is 7.59. The maximum absolute atomic E-state index is 4.62. The van der Waals surface area contributed by atoms with Crippen molar-refractivity contribution >= 4 is 11.0 Å². The SMILES string of the molecule is CC(C)c1cc2ccnnc2nc1C(C)C. The fraction of sp³-hybridized carbons (Fsp3) is 0.462. The lowest BCUT2D eigenvalue weighted by molar-refractivity contribution is 0.761. The van der Waals surface area contributed by atoms with Crippen LogP contribution in [0.1, 0.15) is 50.8 Å². The molecule has 0 aliphatic heterocycles. The van der Waals surface area contributed by atoms with Crippen molar-refractivity contribution in [3.05, 3.63) is 29.6 Å². The van der Waals surface area contributed by atoms with Crippen LogP contribution in [-0.4, -0.2) is 15.2 Å². The van der Waals surface area contributed by atoms with Gasteiger partial charge in [0.2, 0.25) is 0 Å². The summed E-state index contributed by atoms with van der Waals surface area (Å²) in [6.45, 7) is 8.72. The van der Waals surface area contributed by atoms with Crippen molar-refractivity contribution in [2.45, 2.75) is 39.5 Å². The van der Waals surface area contributed by atoms with Gasteiger partial charge < -0.3 is 0 Å². The summed E-state index contributed by atoms with van der Waals surface area (Å²) in [6.07, 6.45) is 1.71. The Morgan fingerprint density at radius 1 is 1.06 bits per heavy atom. The second-order valence-electron chi connectivity index (χ2n) is 4.72. The summed E-state index contributed by atoms with van der Waals surface area (Å²) >= 11 is 0. The van der Waals surface area contributed by atoms with E-state index in [4.69, 9.17) is 0 Å². The van der Waals surface area contributed by atoms with Crippen molar-refractivity contribution < 1.29 is 0 Å². The Balaban J connectivity index is 2.71. The van der Waals surface area contributed by atoms with Crippen LogP contribution >= 0.6 is 0 Å². The molecule has 0 saturated carbocycles. The van der Waals surface area contributed by atoms with Crippen LogP contribution < -0.4 is 0 Å². The quantitative estimate of drug-likeness (QED) is 0.771. The van der Waals surface area contributed by atoms with Crippen molar-refractivity contribution in [3.63, 3.8) is 0 Å². The Bertz CT molecular complexity index is 457. The van der Waals surface area contributed by atoms with Crippen molar-refractivity contribution in [1.82, 2.24) is 15.2 Å². The average molecular weight is 215 g/mol. The molecule has 0 atom stereocenters. The Labute approximate surface area is 95.9 Å². The first-order valence-corrected chi connectivity index (χ1v) is 5.72. The van der Waals surface area contributed by atoms with Gasteiger partial charge in [-0.15, -0.1) is 5.10 Å². The molecule has 2 rings (SSSR count). The van der Waals surface area contributed by atoms with Crippen LogP contribution in [0.25, 0.3) is 11.0 Å². The number of pyridine rings is 1. The number of aromatic nitrogens is 3. The van der Waals surface area contributed by atoms with Crippen LogP contribution in [0.5, 0.6) is 0 Å². The topological polar surface area (TPSA) is 38.7 Å². The zero-order valence-corrected chi connectivity index (χ0v) is 10.2. The first kappa shape index (κ1) is 11.0. The maximum Gasteiger partial charge on any atom is 0.182 e. The highest BCUT2D eigenvalue weighted by atomic mass is 15.1. The van der Waals surface area contributed by atoms with Gasteiger partial charge in [0.05, 0.1) is 6.20 Å². The summed E-state index contributed by atoms with van der Waals surface area (Å²) in [6, 6.07) is 4.16. The maximum atomic E-state index is 4.62. The number of fused-ring (bicyclic) bond motifs is 1. The van der Waals surface area contributed by atoms with Crippen LogP contribution in [0.2, 0.25) is 0 Å². The molecule has 2 aromatic heterocycles. The Morgan fingerprint density at radius 2 is 1.81 bits per heavy atom. The van der Waals surface area contributed by atoms with Crippen molar-refractivity contribution in [2.24, 2.45) is 0 Å². The molecule has 2 heterocycles. The molecule has 0 aliphatic carbocycles. The molecular formula is C13H17N3. The molecule has 0 spiro atoms. The molecule has 0 saturated heterocycles. The van der Waals surface area contributed by atoms with E-state index in [2.05, 4.69) is 48.9 Å². The highest BCUT2D eigenvalue weighted by Crippen LogP contribution is 2.26. The predicted molar refractivity (Wildman–Crippen MR) is 65.5 cm³/mol. The minimum atomic E-state index is 0.420. The Hall–Kier alpha value is -1.51. The van der Waals surface area contributed by atoms with Crippen LogP contribution in [-0.2, 0) is 0 Å². The van der Waals surface area contributed by atoms with Gasteiger partial charge in [-0.05, 0) is 29.5 Å². The number of nitrogens with zero attached hydrogens (tertiary/aromatic N) is 3. The lowest BCUT2D eigenvalue weighted by atomic mass is 9.94. The van der Waals surface area contributed by atoms with Gasteiger partial charge >= 0.3 is 0 Å². The van der Waals surface area contributed by atoms with E-state index >= 15 is 0 Å². The molecule has 0 bridgehead atoms. The second-order valence-corrected chi connectivity index (χ2v) is 4.72. The van der Waals surface area contributed by atoms with Gasteiger partial charge in [0.1, 0.15) is 0 Å². The lowest BCUT2D eigenvalue weighted by Crippen LogP contribution is -2.03. The molecule has 0 aliphatic rings. The van der Waals surface area contributed by atoms with Crippen molar-refractivity contribution in [1.29, 1.82) is 0 Å². The third kappa shape index (κ3) is 1.90. The van der Waals surface area contributed by atoms with Crippen LogP contribution in [0, 0.1) is 0 Å².